The highest BCUT2D eigenvalue weighted by molar-refractivity contribution is 7.92. The Bertz CT molecular complexity index is 827. The van der Waals surface area contributed by atoms with Crippen molar-refractivity contribution in [2.45, 2.75) is 31.2 Å². The number of nitrogens with zero attached hydrogens (tertiary/aromatic N) is 1. The monoisotopic (exact) mass is 365 g/mol. The van der Waals surface area contributed by atoms with Gasteiger partial charge >= 0.3 is 0 Å². The number of hydrogen-bond acceptors (Lipinski definition) is 5. The maximum atomic E-state index is 12.4. The van der Waals surface area contributed by atoms with Gasteiger partial charge < -0.3 is 5.32 Å². The van der Waals surface area contributed by atoms with Crippen molar-refractivity contribution in [2.75, 3.05) is 11.0 Å². The SMILES string of the molecule is CS(=O)(=O)Nc1nc(CC(=O)NC2(c3ccccc3)CCC2)cs1. The van der Waals surface area contributed by atoms with Gasteiger partial charge in [-0.05, 0) is 24.8 Å². The van der Waals surface area contributed by atoms with Gasteiger partial charge in [-0.1, -0.05) is 30.3 Å². The van der Waals surface area contributed by atoms with Gasteiger partial charge in [-0.3, -0.25) is 9.52 Å². The van der Waals surface area contributed by atoms with Gasteiger partial charge in [0, 0.05) is 5.38 Å². The number of hydrogen-bond donors (Lipinski definition) is 2. The summed E-state index contributed by atoms with van der Waals surface area (Å²) >= 11 is 1.17. The molecule has 0 saturated heterocycles. The first kappa shape index (κ1) is 16.9. The third kappa shape index (κ3) is 3.93. The van der Waals surface area contributed by atoms with Gasteiger partial charge in [-0.2, -0.15) is 0 Å². The maximum Gasteiger partial charge on any atom is 0.231 e. The third-order valence-electron chi connectivity index (χ3n) is 4.08. The fourth-order valence-electron chi connectivity index (χ4n) is 2.84. The Morgan fingerprint density at radius 1 is 1.29 bits per heavy atom. The lowest BCUT2D eigenvalue weighted by molar-refractivity contribution is -0.123. The summed E-state index contributed by atoms with van der Waals surface area (Å²) in [7, 11) is -3.35. The number of aromatic nitrogens is 1. The second kappa shape index (κ2) is 6.52. The van der Waals surface area contributed by atoms with Crippen molar-refractivity contribution in [1.29, 1.82) is 0 Å². The highest BCUT2D eigenvalue weighted by Gasteiger charge is 2.39. The predicted octanol–water partition coefficient (Wildman–Crippen LogP) is 2.25. The van der Waals surface area contributed by atoms with E-state index in [9.17, 15) is 13.2 Å². The highest BCUT2D eigenvalue weighted by atomic mass is 32.2. The van der Waals surface area contributed by atoms with E-state index in [-0.39, 0.29) is 23.0 Å². The maximum absolute atomic E-state index is 12.4. The van der Waals surface area contributed by atoms with Crippen LogP contribution in [0.25, 0.3) is 0 Å². The molecule has 1 aromatic heterocycles. The molecule has 3 rings (SSSR count). The number of thiazole rings is 1. The second-order valence-electron chi connectivity index (χ2n) is 6.04. The van der Waals surface area contributed by atoms with Crippen molar-refractivity contribution in [3.05, 3.63) is 47.0 Å². The zero-order valence-corrected chi connectivity index (χ0v) is 14.9. The Morgan fingerprint density at radius 3 is 2.58 bits per heavy atom. The summed E-state index contributed by atoms with van der Waals surface area (Å²) in [4.78, 5) is 16.6. The smallest absolute Gasteiger partial charge is 0.231 e. The normalized spacial score (nSPS) is 16.2. The van der Waals surface area contributed by atoms with Crippen LogP contribution in [0.3, 0.4) is 0 Å². The van der Waals surface area contributed by atoms with Crippen LogP contribution < -0.4 is 10.0 Å². The molecule has 1 aromatic carbocycles. The lowest BCUT2D eigenvalue weighted by Crippen LogP contribution is -2.51. The van der Waals surface area contributed by atoms with Gasteiger partial charge in [-0.15, -0.1) is 11.3 Å². The molecule has 128 valence electrons. The van der Waals surface area contributed by atoms with Gasteiger partial charge in [0.1, 0.15) is 0 Å². The van der Waals surface area contributed by atoms with Crippen molar-refractivity contribution in [3.8, 4) is 0 Å². The van der Waals surface area contributed by atoms with Crippen molar-refractivity contribution in [3.63, 3.8) is 0 Å². The molecular weight excluding hydrogens is 346 g/mol. The Morgan fingerprint density at radius 2 is 2.00 bits per heavy atom. The third-order valence-corrected chi connectivity index (χ3v) is 5.58. The fourth-order valence-corrected chi connectivity index (χ4v) is 4.41. The van der Waals surface area contributed by atoms with Crippen LogP contribution in [-0.4, -0.2) is 25.6 Å². The van der Waals surface area contributed by atoms with Crippen LogP contribution in [0.4, 0.5) is 5.13 Å². The molecule has 1 fully saturated rings. The minimum Gasteiger partial charge on any atom is -0.346 e. The first-order chi connectivity index (χ1) is 11.4. The molecule has 0 unspecified atom stereocenters. The van der Waals surface area contributed by atoms with E-state index in [1.54, 1.807) is 5.38 Å². The summed E-state index contributed by atoms with van der Waals surface area (Å²) in [6.07, 6.45) is 4.16. The van der Waals surface area contributed by atoms with Crippen LogP contribution in [0.2, 0.25) is 0 Å². The van der Waals surface area contributed by atoms with Crippen LogP contribution in [0, 0.1) is 0 Å². The average Bonchev–Trinajstić information content (AvgIpc) is 2.88. The number of carbonyl (C=O) groups is 1. The van der Waals surface area contributed by atoms with E-state index in [2.05, 4.69) is 15.0 Å². The summed E-state index contributed by atoms with van der Waals surface area (Å²) in [6, 6.07) is 9.99. The highest BCUT2D eigenvalue weighted by Crippen LogP contribution is 2.41. The van der Waals surface area contributed by atoms with E-state index in [1.807, 2.05) is 30.3 Å². The number of rotatable bonds is 6. The lowest BCUT2D eigenvalue weighted by Gasteiger charge is -2.43. The minimum atomic E-state index is -3.35. The first-order valence-corrected chi connectivity index (χ1v) is 10.4. The Hall–Kier alpha value is -1.93. The van der Waals surface area contributed by atoms with Crippen molar-refractivity contribution >= 4 is 32.4 Å². The van der Waals surface area contributed by atoms with E-state index in [4.69, 9.17) is 0 Å². The molecule has 6 nitrogen and oxygen atoms in total. The summed E-state index contributed by atoms with van der Waals surface area (Å²) in [5.41, 5.74) is 1.41. The fraction of sp³-hybridized carbons (Fsp3) is 0.375. The molecule has 0 spiro atoms. The quantitative estimate of drug-likeness (QED) is 0.822. The Balaban J connectivity index is 1.65. The Labute approximate surface area is 145 Å². The molecule has 1 saturated carbocycles. The van der Waals surface area contributed by atoms with Crippen molar-refractivity contribution < 1.29 is 13.2 Å². The number of sulfonamides is 1. The molecule has 0 atom stereocenters. The minimum absolute atomic E-state index is 0.102. The van der Waals surface area contributed by atoms with Crippen molar-refractivity contribution in [1.82, 2.24) is 10.3 Å². The van der Waals surface area contributed by atoms with Gasteiger partial charge in [0.05, 0.1) is 23.9 Å². The van der Waals surface area contributed by atoms with E-state index in [0.717, 1.165) is 31.1 Å². The van der Waals surface area contributed by atoms with Crippen LogP contribution >= 0.6 is 11.3 Å². The molecule has 24 heavy (non-hydrogen) atoms. The topological polar surface area (TPSA) is 88.2 Å². The number of amides is 1. The predicted molar refractivity (Wildman–Crippen MR) is 94.4 cm³/mol. The van der Waals surface area contributed by atoms with Crippen LogP contribution in [0.5, 0.6) is 0 Å². The number of nitrogens with one attached hydrogen (secondary N) is 2. The summed E-state index contributed by atoms with van der Waals surface area (Å²) < 4.78 is 24.7. The van der Waals surface area contributed by atoms with Gasteiger partial charge in [0.2, 0.25) is 15.9 Å². The van der Waals surface area contributed by atoms with E-state index < -0.39 is 10.0 Å². The first-order valence-electron chi connectivity index (χ1n) is 7.65. The molecular formula is C16H19N3O3S2. The molecule has 0 radical (unpaired) electrons. The van der Waals surface area contributed by atoms with E-state index in [0.29, 0.717) is 5.69 Å². The average molecular weight is 365 g/mol. The molecule has 0 aliphatic heterocycles. The molecule has 1 aliphatic carbocycles. The number of benzene rings is 1. The van der Waals surface area contributed by atoms with Crippen molar-refractivity contribution in [2.24, 2.45) is 0 Å². The molecule has 2 aromatic rings. The molecule has 1 amide bonds. The largest absolute Gasteiger partial charge is 0.346 e. The molecule has 0 bridgehead atoms. The number of carbonyl (C=O) groups excluding carboxylic acids is 1. The molecule has 1 heterocycles. The molecule has 2 N–H and O–H groups in total. The standard InChI is InChI=1S/C16H19N3O3S2/c1-24(21,22)19-15-17-13(11-23-15)10-14(20)18-16(8-5-9-16)12-6-3-2-4-7-12/h2-4,6-7,11H,5,8-10H2,1H3,(H,17,19)(H,18,20). The van der Waals surface area contributed by atoms with Gasteiger partial charge in [-0.25, -0.2) is 13.4 Å². The molecule has 8 heteroatoms. The number of anilines is 1. The summed E-state index contributed by atoms with van der Waals surface area (Å²) in [5, 5.41) is 5.12. The van der Waals surface area contributed by atoms with E-state index >= 15 is 0 Å². The van der Waals surface area contributed by atoms with Crippen LogP contribution in [0.15, 0.2) is 35.7 Å². The summed E-state index contributed by atoms with van der Waals surface area (Å²) in [6.45, 7) is 0. The zero-order valence-electron chi connectivity index (χ0n) is 13.3. The summed E-state index contributed by atoms with van der Waals surface area (Å²) in [5.74, 6) is -0.102. The van der Waals surface area contributed by atoms with Gasteiger partial charge in [0.25, 0.3) is 0 Å². The van der Waals surface area contributed by atoms with Gasteiger partial charge in [0.15, 0.2) is 5.13 Å². The Kier molecular flexibility index (Phi) is 4.60. The van der Waals surface area contributed by atoms with E-state index in [1.165, 1.54) is 11.3 Å². The lowest BCUT2D eigenvalue weighted by atomic mass is 9.71. The second-order valence-corrected chi connectivity index (χ2v) is 8.65. The molecule has 1 aliphatic rings. The van der Waals surface area contributed by atoms with Crippen LogP contribution in [-0.2, 0) is 26.8 Å². The van der Waals surface area contributed by atoms with Crippen LogP contribution in [0.1, 0.15) is 30.5 Å². The zero-order chi connectivity index (χ0) is 17.2.